The van der Waals surface area contributed by atoms with Gasteiger partial charge in [-0.05, 0) is 30.0 Å². The van der Waals surface area contributed by atoms with Crippen molar-refractivity contribution in [2.24, 2.45) is 11.7 Å². The smallest absolute Gasteiger partial charge is 0.231 e. The van der Waals surface area contributed by atoms with Gasteiger partial charge in [-0.25, -0.2) is 0 Å². The van der Waals surface area contributed by atoms with E-state index in [0.29, 0.717) is 12.7 Å². The van der Waals surface area contributed by atoms with E-state index in [2.05, 4.69) is 19.9 Å². The van der Waals surface area contributed by atoms with E-state index in [4.69, 9.17) is 15.2 Å². The Bertz CT molecular complexity index is 349. The summed E-state index contributed by atoms with van der Waals surface area (Å²) in [4.78, 5) is 0. The van der Waals surface area contributed by atoms with E-state index < -0.39 is 0 Å². The van der Waals surface area contributed by atoms with Gasteiger partial charge in [0.25, 0.3) is 0 Å². The molecule has 1 unspecified atom stereocenters. The van der Waals surface area contributed by atoms with Crippen molar-refractivity contribution in [2.75, 3.05) is 6.79 Å². The topological polar surface area (TPSA) is 44.5 Å². The van der Waals surface area contributed by atoms with E-state index >= 15 is 0 Å². The summed E-state index contributed by atoms with van der Waals surface area (Å²) in [5.74, 6) is 2.16. The third-order valence-corrected chi connectivity index (χ3v) is 2.76. The SMILES string of the molecule is CC(C)C(N)Cc1ccc2c(c1)OCO2. The second kappa shape index (κ2) is 4.11. The van der Waals surface area contributed by atoms with Crippen molar-refractivity contribution in [1.82, 2.24) is 0 Å². The van der Waals surface area contributed by atoms with E-state index in [1.54, 1.807) is 0 Å². The monoisotopic (exact) mass is 207 g/mol. The highest BCUT2D eigenvalue weighted by molar-refractivity contribution is 5.44. The van der Waals surface area contributed by atoms with Gasteiger partial charge >= 0.3 is 0 Å². The van der Waals surface area contributed by atoms with Crippen molar-refractivity contribution in [3.63, 3.8) is 0 Å². The first kappa shape index (κ1) is 10.3. The molecule has 1 aromatic carbocycles. The molecule has 0 bridgehead atoms. The Labute approximate surface area is 90.2 Å². The molecule has 3 heteroatoms. The van der Waals surface area contributed by atoms with Crippen molar-refractivity contribution in [3.05, 3.63) is 23.8 Å². The summed E-state index contributed by atoms with van der Waals surface area (Å²) in [5.41, 5.74) is 7.23. The first-order chi connectivity index (χ1) is 7.16. The van der Waals surface area contributed by atoms with E-state index in [1.165, 1.54) is 5.56 Å². The van der Waals surface area contributed by atoms with E-state index in [9.17, 15) is 0 Å². The maximum Gasteiger partial charge on any atom is 0.231 e. The minimum Gasteiger partial charge on any atom is -0.454 e. The number of rotatable bonds is 3. The fourth-order valence-electron chi connectivity index (χ4n) is 1.58. The molecule has 0 aliphatic carbocycles. The summed E-state index contributed by atoms with van der Waals surface area (Å²) in [6.45, 7) is 4.60. The number of nitrogens with two attached hydrogens (primary N) is 1. The van der Waals surface area contributed by atoms with Crippen LogP contribution in [0.1, 0.15) is 19.4 Å². The highest BCUT2D eigenvalue weighted by atomic mass is 16.7. The zero-order chi connectivity index (χ0) is 10.8. The van der Waals surface area contributed by atoms with Gasteiger partial charge in [0.1, 0.15) is 0 Å². The summed E-state index contributed by atoms with van der Waals surface area (Å²) in [6, 6.07) is 6.22. The number of ether oxygens (including phenoxy) is 2. The summed E-state index contributed by atoms with van der Waals surface area (Å²) < 4.78 is 10.6. The van der Waals surface area contributed by atoms with E-state index in [1.807, 2.05) is 12.1 Å². The second-order valence-corrected chi connectivity index (χ2v) is 4.30. The zero-order valence-electron chi connectivity index (χ0n) is 9.19. The summed E-state index contributed by atoms with van der Waals surface area (Å²) in [6.07, 6.45) is 0.883. The molecule has 1 aliphatic heterocycles. The van der Waals surface area contributed by atoms with E-state index in [-0.39, 0.29) is 6.04 Å². The van der Waals surface area contributed by atoms with Gasteiger partial charge in [-0.2, -0.15) is 0 Å². The van der Waals surface area contributed by atoms with Crippen LogP contribution >= 0.6 is 0 Å². The van der Waals surface area contributed by atoms with Crippen LogP contribution in [0.15, 0.2) is 18.2 Å². The lowest BCUT2D eigenvalue weighted by molar-refractivity contribution is 0.174. The molecule has 0 fully saturated rings. The van der Waals surface area contributed by atoms with Gasteiger partial charge in [0.05, 0.1) is 0 Å². The Hall–Kier alpha value is -1.22. The van der Waals surface area contributed by atoms with Crippen molar-refractivity contribution in [1.29, 1.82) is 0 Å². The lowest BCUT2D eigenvalue weighted by Gasteiger charge is -2.15. The normalized spacial score (nSPS) is 15.7. The molecule has 3 nitrogen and oxygen atoms in total. The maximum atomic E-state index is 6.02. The van der Waals surface area contributed by atoms with Gasteiger partial charge in [-0.15, -0.1) is 0 Å². The van der Waals surface area contributed by atoms with Crippen LogP contribution in [0.25, 0.3) is 0 Å². The minimum absolute atomic E-state index is 0.199. The van der Waals surface area contributed by atoms with Crippen LogP contribution < -0.4 is 15.2 Å². The van der Waals surface area contributed by atoms with Crippen LogP contribution in [0.2, 0.25) is 0 Å². The van der Waals surface area contributed by atoms with E-state index in [0.717, 1.165) is 17.9 Å². The standard InChI is InChI=1S/C12H17NO2/c1-8(2)10(13)5-9-3-4-11-12(6-9)15-7-14-11/h3-4,6,8,10H,5,7,13H2,1-2H3. The van der Waals surface area contributed by atoms with Gasteiger partial charge in [0.2, 0.25) is 6.79 Å². The molecule has 2 rings (SSSR count). The van der Waals surface area contributed by atoms with Crippen LogP contribution in [0.5, 0.6) is 11.5 Å². The van der Waals surface area contributed by atoms with Crippen molar-refractivity contribution in [2.45, 2.75) is 26.3 Å². The molecular formula is C12H17NO2. The van der Waals surface area contributed by atoms with Gasteiger partial charge in [0.15, 0.2) is 11.5 Å². The Kier molecular flexibility index (Phi) is 2.82. The molecule has 0 saturated heterocycles. The molecule has 0 aromatic heterocycles. The fourth-order valence-corrected chi connectivity index (χ4v) is 1.58. The average Bonchev–Trinajstić information content (AvgIpc) is 2.64. The number of fused-ring (bicyclic) bond motifs is 1. The third-order valence-electron chi connectivity index (χ3n) is 2.76. The summed E-state index contributed by atoms with van der Waals surface area (Å²) in [5, 5.41) is 0. The molecule has 0 radical (unpaired) electrons. The number of hydrogen-bond donors (Lipinski definition) is 1. The van der Waals surface area contributed by atoms with Crippen molar-refractivity contribution >= 4 is 0 Å². The van der Waals surface area contributed by atoms with Crippen molar-refractivity contribution < 1.29 is 9.47 Å². The number of benzene rings is 1. The predicted molar refractivity (Wildman–Crippen MR) is 59.1 cm³/mol. The molecule has 0 spiro atoms. The van der Waals surface area contributed by atoms with Gasteiger partial charge in [-0.1, -0.05) is 19.9 Å². The molecule has 1 atom stereocenters. The highest BCUT2D eigenvalue weighted by Crippen LogP contribution is 2.32. The van der Waals surface area contributed by atoms with Crippen LogP contribution in [-0.4, -0.2) is 12.8 Å². The van der Waals surface area contributed by atoms with Gasteiger partial charge in [0, 0.05) is 6.04 Å². The molecule has 15 heavy (non-hydrogen) atoms. The lowest BCUT2D eigenvalue weighted by atomic mass is 9.97. The summed E-state index contributed by atoms with van der Waals surface area (Å²) in [7, 11) is 0. The quantitative estimate of drug-likeness (QED) is 0.823. The third kappa shape index (κ3) is 2.23. The maximum absolute atomic E-state index is 6.02. The predicted octanol–water partition coefficient (Wildman–Crippen LogP) is 1.94. The van der Waals surface area contributed by atoms with Crippen LogP contribution in [0.4, 0.5) is 0 Å². The largest absolute Gasteiger partial charge is 0.454 e. The van der Waals surface area contributed by atoms with Gasteiger partial charge in [-0.3, -0.25) is 0 Å². The Morgan fingerprint density at radius 1 is 1.27 bits per heavy atom. The van der Waals surface area contributed by atoms with Gasteiger partial charge < -0.3 is 15.2 Å². The molecule has 1 aromatic rings. The molecule has 1 heterocycles. The van der Waals surface area contributed by atoms with Crippen LogP contribution in [-0.2, 0) is 6.42 Å². The Morgan fingerprint density at radius 2 is 2.00 bits per heavy atom. The Balaban J connectivity index is 2.10. The second-order valence-electron chi connectivity index (χ2n) is 4.30. The molecular weight excluding hydrogens is 190 g/mol. The molecule has 1 aliphatic rings. The fraction of sp³-hybridized carbons (Fsp3) is 0.500. The molecule has 0 amide bonds. The molecule has 2 N–H and O–H groups in total. The first-order valence-corrected chi connectivity index (χ1v) is 5.31. The minimum atomic E-state index is 0.199. The van der Waals surface area contributed by atoms with Crippen LogP contribution in [0, 0.1) is 5.92 Å². The zero-order valence-corrected chi connectivity index (χ0v) is 9.19. The highest BCUT2D eigenvalue weighted by Gasteiger charge is 2.15. The Morgan fingerprint density at radius 3 is 2.73 bits per heavy atom. The summed E-state index contributed by atoms with van der Waals surface area (Å²) >= 11 is 0. The van der Waals surface area contributed by atoms with Crippen molar-refractivity contribution in [3.8, 4) is 11.5 Å². The number of hydrogen-bond acceptors (Lipinski definition) is 3. The first-order valence-electron chi connectivity index (χ1n) is 5.31. The molecule has 82 valence electrons. The lowest BCUT2D eigenvalue weighted by Crippen LogP contribution is -2.28. The average molecular weight is 207 g/mol. The van der Waals surface area contributed by atoms with Crippen LogP contribution in [0.3, 0.4) is 0 Å². The molecule has 0 saturated carbocycles.